The molecule has 0 amide bonds. The standard InChI is InChI=1S/C16H11ClFN3O3/c17-11-7-24-14(5-9-1-3-10(18)4-2-9)15(11)12(22)6-13(23)16-19-8-20-21-16/h1-4,6-8,23H,5H2,(H,19,20,21). The second-order valence-electron chi connectivity index (χ2n) is 4.90. The summed E-state index contributed by atoms with van der Waals surface area (Å²) < 4.78 is 18.3. The van der Waals surface area contributed by atoms with Gasteiger partial charge in [0.1, 0.15) is 24.2 Å². The largest absolute Gasteiger partial charge is 0.504 e. The maximum Gasteiger partial charge on any atom is 0.215 e. The first kappa shape index (κ1) is 15.9. The van der Waals surface area contributed by atoms with Crippen LogP contribution in [0.1, 0.15) is 27.5 Å². The summed E-state index contributed by atoms with van der Waals surface area (Å²) in [7, 11) is 0. The lowest BCUT2D eigenvalue weighted by Gasteiger charge is -2.02. The van der Waals surface area contributed by atoms with Crippen LogP contribution in [0.5, 0.6) is 0 Å². The maximum atomic E-state index is 13.0. The zero-order chi connectivity index (χ0) is 17.1. The minimum Gasteiger partial charge on any atom is -0.504 e. The Kier molecular flexibility index (Phi) is 4.43. The van der Waals surface area contributed by atoms with Gasteiger partial charge >= 0.3 is 0 Å². The Labute approximate surface area is 140 Å². The number of rotatable bonds is 5. The van der Waals surface area contributed by atoms with Crippen LogP contribution in [0.15, 0.2) is 47.3 Å². The molecule has 0 aliphatic heterocycles. The molecule has 24 heavy (non-hydrogen) atoms. The molecule has 6 nitrogen and oxygen atoms in total. The lowest BCUT2D eigenvalue weighted by molar-refractivity contribution is 0.104. The number of aromatic nitrogens is 3. The minimum absolute atomic E-state index is 0.0111. The molecule has 8 heteroatoms. The summed E-state index contributed by atoms with van der Waals surface area (Å²) in [5.74, 6) is -0.995. The van der Waals surface area contributed by atoms with Gasteiger partial charge in [-0.25, -0.2) is 9.37 Å². The number of aliphatic hydroxyl groups excluding tert-OH is 1. The first-order chi connectivity index (χ1) is 11.5. The van der Waals surface area contributed by atoms with Gasteiger partial charge in [0.05, 0.1) is 10.6 Å². The van der Waals surface area contributed by atoms with Gasteiger partial charge in [0, 0.05) is 12.5 Å². The predicted octanol–water partition coefficient (Wildman–Crippen LogP) is 3.56. The van der Waals surface area contributed by atoms with Crippen molar-refractivity contribution >= 4 is 23.1 Å². The van der Waals surface area contributed by atoms with Crippen molar-refractivity contribution < 1.29 is 18.7 Å². The summed E-state index contributed by atoms with van der Waals surface area (Å²) in [6, 6.07) is 5.80. The number of nitrogens with zero attached hydrogens (tertiary/aromatic N) is 2. The number of carbonyl (C=O) groups is 1. The number of furan rings is 1. The number of halogens is 2. The summed E-state index contributed by atoms with van der Waals surface area (Å²) in [6.07, 6.45) is 3.73. The Bertz CT molecular complexity index is 886. The highest BCUT2D eigenvalue weighted by molar-refractivity contribution is 6.34. The summed E-state index contributed by atoms with van der Waals surface area (Å²) in [6.45, 7) is 0. The number of hydrogen-bond donors (Lipinski definition) is 2. The van der Waals surface area contributed by atoms with Crippen molar-refractivity contribution in [3.63, 3.8) is 0 Å². The van der Waals surface area contributed by atoms with E-state index >= 15 is 0 Å². The number of carbonyl (C=O) groups excluding carboxylic acids is 1. The first-order valence-corrected chi connectivity index (χ1v) is 7.24. The van der Waals surface area contributed by atoms with Gasteiger partial charge in [-0.3, -0.25) is 9.89 Å². The molecule has 0 unspecified atom stereocenters. The van der Waals surface area contributed by atoms with Gasteiger partial charge in [-0.05, 0) is 17.7 Å². The van der Waals surface area contributed by atoms with Crippen molar-refractivity contribution in [3.8, 4) is 0 Å². The molecule has 2 aromatic heterocycles. The van der Waals surface area contributed by atoms with Gasteiger partial charge in [0.25, 0.3) is 0 Å². The first-order valence-electron chi connectivity index (χ1n) is 6.86. The predicted molar refractivity (Wildman–Crippen MR) is 84.2 cm³/mol. The number of allylic oxidation sites excluding steroid dienone is 1. The Morgan fingerprint density at radius 3 is 2.79 bits per heavy atom. The second-order valence-corrected chi connectivity index (χ2v) is 5.31. The highest BCUT2D eigenvalue weighted by atomic mass is 35.5. The lowest BCUT2D eigenvalue weighted by Crippen LogP contribution is -2.01. The van der Waals surface area contributed by atoms with Crippen molar-refractivity contribution in [1.82, 2.24) is 15.2 Å². The summed E-state index contributed by atoms with van der Waals surface area (Å²) in [5.41, 5.74) is 0.877. The van der Waals surface area contributed by atoms with Gasteiger partial charge < -0.3 is 9.52 Å². The highest BCUT2D eigenvalue weighted by Gasteiger charge is 2.20. The highest BCUT2D eigenvalue weighted by Crippen LogP contribution is 2.26. The molecule has 0 saturated heterocycles. The zero-order valence-electron chi connectivity index (χ0n) is 12.2. The van der Waals surface area contributed by atoms with E-state index in [9.17, 15) is 14.3 Å². The van der Waals surface area contributed by atoms with Gasteiger partial charge in [-0.15, -0.1) is 0 Å². The number of hydrogen-bond acceptors (Lipinski definition) is 5. The van der Waals surface area contributed by atoms with Crippen LogP contribution < -0.4 is 0 Å². The van der Waals surface area contributed by atoms with Gasteiger partial charge in [0.2, 0.25) is 5.82 Å². The molecule has 3 aromatic rings. The van der Waals surface area contributed by atoms with Crippen LogP contribution in [0.2, 0.25) is 5.02 Å². The summed E-state index contributed by atoms with van der Waals surface area (Å²) in [5, 5.41) is 16.1. The number of aromatic amines is 1. The fourth-order valence-corrected chi connectivity index (χ4v) is 2.38. The van der Waals surface area contributed by atoms with Crippen LogP contribution in [0.25, 0.3) is 5.76 Å². The monoisotopic (exact) mass is 347 g/mol. The van der Waals surface area contributed by atoms with Crippen molar-refractivity contribution in [2.75, 3.05) is 0 Å². The third-order valence-electron chi connectivity index (χ3n) is 3.26. The molecule has 2 N–H and O–H groups in total. The van der Waals surface area contributed by atoms with Crippen LogP contribution in [-0.2, 0) is 6.42 Å². The van der Waals surface area contributed by atoms with Crippen molar-refractivity contribution in [3.05, 3.63) is 76.5 Å². The number of ketones is 1. The van der Waals surface area contributed by atoms with E-state index in [0.717, 1.165) is 11.6 Å². The van der Waals surface area contributed by atoms with Gasteiger partial charge in [0.15, 0.2) is 11.5 Å². The van der Waals surface area contributed by atoms with E-state index in [1.54, 1.807) is 12.1 Å². The quantitative estimate of drug-likeness (QED) is 0.418. The van der Waals surface area contributed by atoms with Crippen molar-refractivity contribution in [2.24, 2.45) is 0 Å². The molecular formula is C16H11ClFN3O3. The van der Waals surface area contributed by atoms with E-state index in [-0.39, 0.29) is 28.6 Å². The van der Waals surface area contributed by atoms with Gasteiger partial charge in [-0.2, -0.15) is 5.10 Å². The summed E-state index contributed by atoms with van der Waals surface area (Å²) >= 11 is 6.02. The van der Waals surface area contributed by atoms with E-state index in [4.69, 9.17) is 16.0 Å². The van der Waals surface area contributed by atoms with E-state index in [0.29, 0.717) is 5.76 Å². The molecular weight excluding hydrogens is 337 g/mol. The van der Waals surface area contributed by atoms with E-state index in [2.05, 4.69) is 15.2 Å². The zero-order valence-corrected chi connectivity index (χ0v) is 12.9. The Morgan fingerprint density at radius 2 is 2.12 bits per heavy atom. The number of nitrogens with one attached hydrogen (secondary N) is 1. The van der Waals surface area contributed by atoms with Crippen molar-refractivity contribution in [1.29, 1.82) is 0 Å². The number of H-pyrrole nitrogens is 1. The smallest absolute Gasteiger partial charge is 0.215 e. The second kappa shape index (κ2) is 6.67. The van der Waals surface area contributed by atoms with Crippen LogP contribution in [0.4, 0.5) is 4.39 Å². The fraction of sp³-hybridized carbons (Fsp3) is 0.0625. The molecule has 0 saturated carbocycles. The van der Waals surface area contributed by atoms with Crippen LogP contribution in [0.3, 0.4) is 0 Å². The summed E-state index contributed by atoms with van der Waals surface area (Å²) in [4.78, 5) is 16.1. The third kappa shape index (κ3) is 3.36. The molecule has 122 valence electrons. The van der Waals surface area contributed by atoms with E-state index in [1.165, 1.54) is 24.7 Å². The Morgan fingerprint density at radius 1 is 1.38 bits per heavy atom. The van der Waals surface area contributed by atoms with E-state index in [1.807, 2.05) is 0 Å². The molecule has 0 fully saturated rings. The van der Waals surface area contributed by atoms with Crippen LogP contribution in [-0.4, -0.2) is 26.1 Å². The Balaban J connectivity index is 1.88. The molecule has 0 radical (unpaired) electrons. The SMILES string of the molecule is O=C(C=C(O)c1nc[nH]n1)c1c(Cl)coc1Cc1ccc(F)cc1. The maximum absolute atomic E-state index is 13.0. The molecule has 3 rings (SSSR count). The molecule has 0 atom stereocenters. The molecule has 2 heterocycles. The lowest BCUT2D eigenvalue weighted by atomic mass is 10.0. The molecule has 0 spiro atoms. The normalized spacial score (nSPS) is 11.7. The average molecular weight is 348 g/mol. The average Bonchev–Trinajstić information content (AvgIpc) is 3.20. The van der Waals surface area contributed by atoms with Crippen LogP contribution in [0, 0.1) is 5.82 Å². The molecule has 0 bridgehead atoms. The van der Waals surface area contributed by atoms with Gasteiger partial charge in [-0.1, -0.05) is 23.7 Å². The molecule has 0 aliphatic rings. The number of benzene rings is 1. The minimum atomic E-state index is -0.548. The topological polar surface area (TPSA) is 92.0 Å². The molecule has 0 aliphatic carbocycles. The Hall–Kier alpha value is -2.93. The van der Waals surface area contributed by atoms with Crippen molar-refractivity contribution in [2.45, 2.75) is 6.42 Å². The van der Waals surface area contributed by atoms with Crippen LogP contribution >= 0.6 is 11.6 Å². The van der Waals surface area contributed by atoms with E-state index < -0.39 is 11.5 Å². The third-order valence-corrected chi connectivity index (χ3v) is 3.54. The number of aliphatic hydroxyl groups is 1. The molecule has 1 aromatic carbocycles. The fourth-order valence-electron chi connectivity index (χ4n) is 2.14.